The van der Waals surface area contributed by atoms with Gasteiger partial charge in [-0.2, -0.15) is 0 Å². The fourth-order valence-corrected chi connectivity index (χ4v) is 6.15. The molecular weight excluding hydrogens is 392 g/mol. The number of carboxylic acids is 1. The van der Waals surface area contributed by atoms with Crippen LogP contribution in [-0.4, -0.2) is 51.7 Å². The van der Waals surface area contributed by atoms with Crippen molar-refractivity contribution in [2.45, 2.75) is 16.2 Å². The van der Waals surface area contributed by atoms with E-state index in [4.69, 9.17) is 9.84 Å². The number of likely N-dealkylation sites (tertiary alicyclic amines) is 1. The number of aliphatic carboxylic acids is 1. The zero-order chi connectivity index (χ0) is 19.3. The minimum atomic E-state index is -1.25. The van der Waals surface area contributed by atoms with Gasteiger partial charge in [0.05, 0.1) is 18.1 Å². The van der Waals surface area contributed by atoms with E-state index in [1.807, 2.05) is 0 Å². The van der Waals surface area contributed by atoms with Crippen LogP contribution in [0, 0.1) is 5.92 Å². The maximum absolute atomic E-state index is 13.0. The molecule has 3 atom stereocenters. The van der Waals surface area contributed by atoms with E-state index in [2.05, 4.69) is 4.98 Å². The molecule has 1 aromatic carbocycles. The Morgan fingerprint density at radius 1 is 1.26 bits per heavy atom. The van der Waals surface area contributed by atoms with Crippen LogP contribution in [0.3, 0.4) is 0 Å². The molecular formula is C17H14N2O6S2. The SMILES string of the molecule is COc1ccccc1[C@H]1c2sc(=O)[nH]c2SC2C(=O)N(CC(=O)O)C(=O)C21. The lowest BCUT2D eigenvalue weighted by Crippen LogP contribution is -2.36. The van der Waals surface area contributed by atoms with E-state index in [1.54, 1.807) is 24.3 Å². The first kappa shape index (κ1) is 17.8. The highest BCUT2D eigenvalue weighted by molar-refractivity contribution is 8.00. The van der Waals surface area contributed by atoms with Crippen molar-refractivity contribution in [1.82, 2.24) is 9.88 Å². The number of para-hydroxylation sites is 1. The number of benzene rings is 1. The van der Waals surface area contributed by atoms with Crippen LogP contribution < -0.4 is 9.61 Å². The molecule has 0 radical (unpaired) electrons. The van der Waals surface area contributed by atoms with Gasteiger partial charge in [-0.25, -0.2) is 0 Å². The number of aromatic amines is 1. The third-order valence-corrected chi connectivity index (χ3v) is 7.08. The largest absolute Gasteiger partial charge is 0.496 e. The predicted octanol–water partition coefficient (Wildman–Crippen LogP) is 1.12. The lowest BCUT2D eigenvalue weighted by Gasteiger charge is -2.30. The van der Waals surface area contributed by atoms with Gasteiger partial charge in [0.15, 0.2) is 0 Å². The van der Waals surface area contributed by atoms with Crippen LogP contribution >= 0.6 is 23.1 Å². The quantitative estimate of drug-likeness (QED) is 0.731. The number of imide groups is 1. The van der Waals surface area contributed by atoms with E-state index >= 15 is 0 Å². The van der Waals surface area contributed by atoms with E-state index in [0.717, 1.165) is 28.0 Å². The molecule has 0 spiro atoms. The van der Waals surface area contributed by atoms with Gasteiger partial charge in [0.1, 0.15) is 17.5 Å². The Kier molecular flexibility index (Phi) is 4.31. The van der Waals surface area contributed by atoms with E-state index < -0.39 is 41.4 Å². The Morgan fingerprint density at radius 3 is 2.70 bits per heavy atom. The molecule has 2 aliphatic heterocycles. The third-order valence-electron chi connectivity index (χ3n) is 4.68. The van der Waals surface area contributed by atoms with Gasteiger partial charge in [0, 0.05) is 16.4 Å². The number of carbonyl (C=O) groups excluding carboxylic acids is 2. The number of thiazole rings is 1. The zero-order valence-corrected chi connectivity index (χ0v) is 15.6. The molecule has 8 nitrogen and oxygen atoms in total. The number of H-pyrrole nitrogens is 1. The van der Waals surface area contributed by atoms with Crippen molar-refractivity contribution in [3.05, 3.63) is 44.4 Å². The average molecular weight is 406 g/mol. The molecule has 2 N–H and O–H groups in total. The van der Waals surface area contributed by atoms with Crippen LogP contribution in [-0.2, 0) is 14.4 Å². The topological polar surface area (TPSA) is 117 Å². The predicted molar refractivity (Wildman–Crippen MR) is 97.3 cm³/mol. The number of ether oxygens (including phenoxy) is 1. The van der Waals surface area contributed by atoms with Gasteiger partial charge in [-0.3, -0.25) is 24.1 Å². The summed E-state index contributed by atoms with van der Waals surface area (Å²) in [7, 11) is 1.51. The Bertz CT molecular complexity index is 1010. The molecule has 4 rings (SSSR count). The summed E-state index contributed by atoms with van der Waals surface area (Å²) in [5.41, 5.74) is 0.685. The number of hydrogen-bond acceptors (Lipinski definition) is 7. The summed E-state index contributed by atoms with van der Waals surface area (Å²) in [4.78, 5) is 52.7. The monoisotopic (exact) mass is 406 g/mol. The van der Waals surface area contributed by atoms with Crippen molar-refractivity contribution in [2.75, 3.05) is 13.7 Å². The number of nitrogens with zero attached hydrogens (tertiary/aromatic N) is 1. The van der Waals surface area contributed by atoms with Crippen molar-refractivity contribution in [3.63, 3.8) is 0 Å². The minimum Gasteiger partial charge on any atom is -0.496 e. The maximum atomic E-state index is 13.0. The van der Waals surface area contributed by atoms with Crippen LogP contribution in [0.15, 0.2) is 34.1 Å². The van der Waals surface area contributed by atoms with Crippen LogP contribution in [0.4, 0.5) is 0 Å². The van der Waals surface area contributed by atoms with Crippen LogP contribution in [0.5, 0.6) is 5.75 Å². The number of methoxy groups -OCH3 is 1. The van der Waals surface area contributed by atoms with Crippen LogP contribution in [0.25, 0.3) is 0 Å². The lowest BCUT2D eigenvalue weighted by atomic mass is 9.82. The van der Waals surface area contributed by atoms with E-state index in [1.165, 1.54) is 7.11 Å². The fourth-order valence-electron chi connectivity index (χ4n) is 3.62. The second kappa shape index (κ2) is 6.54. The molecule has 2 aromatic rings. The third kappa shape index (κ3) is 2.76. The number of nitrogens with one attached hydrogen (secondary N) is 1. The van der Waals surface area contributed by atoms with Crippen LogP contribution in [0.1, 0.15) is 16.4 Å². The Balaban J connectivity index is 1.89. The summed E-state index contributed by atoms with van der Waals surface area (Å²) in [6.07, 6.45) is 0. The van der Waals surface area contributed by atoms with Gasteiger partial charge in [0.25, 0.3) is 0 Å². The van der Waals surface area contributed by atoms with Crippen molar-refractivity contribution in [2.24, 2.45) is 5.92 Å². The summed E-state index contributed by atoms with van der Waals surface area (Å²) in [5, 5.41) is 8.81. The molecule has 2 aliphatic rings. The molecule has 0 aliphatic carbocycles. The first-order valence-corrected chi connectivity index (χ1v) is 9.71. The lowest BCUT2D eigenvalue weighted by molar-refractivity contribution is -0.149. The van der Waals surface area contributed by atoms with Crippen molar-refractivity contribution >= 4 is 40.9 Å². The summed E-state index contributed by atoms with van der Waals surface area (Å²) < 4.78 is 5.43. The van der Waals surface area contributed by atoms with E-state index in [9.17, 15) is 19.2 Å². The summed E-state index contributed by atoms with van der Waals surface area (Å²) >= 11 is 2.11. The molecule has 2 amide bonds. The average Bonchev–Trinajstić information content (AvgIpc) is 3.12. The van der Waals surface area contributed by atoms with Crippen molar-refractivity contribution in [3.8, 4) is 5.75 Å². The van der Waals surface area contributed by atoms with Gasteiger partial charge >= 0.3 is 10.8 Å². The van der Waals surface area contributed by atoms with E-state index in [0.29, 0.717) is 21.2 Å². The van der Waals surface area contributed by atoms with Gasteiger partial charge in [-0.05, 0) is 6.07 Å². The van der Waals surface area contributed by atoms with Gasteiger partial charge in [0.2, 0.25) is 11.8 Å². The van der Waals surface area contributed by atoms with Crippen molar-refractivity contribution in [1.29, 1.82) is 0 Å². The maximum Gasteiger partial charge on any atom is 0.323 e. The van der Waals surface area contributed by atoms with Crippen molar-refractivity contribution < 1.29 is 24.2 Å². The summed E-state index contributed by atoms with van der Waals surface area (Å²) in [5.74, 6) is -3.16. The molecule has 1 fully saturated rings. The number of fused-ring (bicyclic) bond motifs is 2. The minimum absolute atomic E-state index is 0.269. The summed E-state index contributed by atoms with van der Waals surface area (Å²) in [6, 6.07) is 7.12. The second-order valence-corrected chi connectivity index (χ2v) is 8.31. The summed E-state index contributed by atoms with van der Waals surface area (Å²) in [6.45, 7) is -0.673. The number of carboxylic acid groups (broad SMARTS) is 1. The highest BCUT2D eigenvalue weighted by Crippen LogP contribution is 2.53. The van der Waals surface area contributed by atoms with Gasteiger partial charge in [-0.1, -0.05) is 41.3 Å². The number of hydrogen-bond donors (Lipinski definition) is 2. The van der Waals surface area contributed by atoms with E-state index in [-0.39, 0.29) is 4.87 Å². The number of aromatic nitrogens is 1. The molecule has 0 saturated carbocycles. The van der Waals surface area contributed by atoms with Gasteiger partial charge in [-0.15, -0.1) is 0 Å². The standard InChI is InChI=1S/C17H14N2O6S2/c1-25-8-5-3-2-4-7(8)10-11-13(26-14-12(10)27-17(24)18-14)16(23)19(15(11)22)6-9(20)21/h2-5,10-11,13H,6H2,1H3,(H,18,24)(H,20,21)/t10-,11?,13?/m1/s1. The Hall–Kier alpha value is -2.59. The smallest absolute Gasteiger partial charge is 0.323 e. The molecule has 10 heteroatoms. The molecule has 1 aromatic heterocycles. The van der Waals surface area contributed by atoms with Crippen LogP contribution in [0.2, 0.25) is 0 Å². The Labute approximate surface area is 161 Å². The highest BCUT2D eigenvalue weighted by Gasteiger charge is 2.56. The molecule has 140 valence electrons. The first-order chi connectivity index (χ1) is 12.9. The molecule has 0 bridgehead atoms. The number of carbonyl (C=O) groups is 3. The number of rotatable bonds is 4. The Morgan fingerprint density at radius 2 is 2.00 bits per heavy atom. The fraction of sp³-hybridized carbons (Fsp3) is 0.294. The molecule has 27 heavy (non-hydrogen) atoms. The molecule has 1 saturated heterocycles. The van der Waals surface area contributed by atoms with Gasteiger partial charge < -0.3 is 14.8 Å². The number of thioether (sulfide) groups is 1. The number of amides is 2. The normalized spacial score (nSPS) is 23.9. The molecule has 2 unspecified atom stereocenters. The second-order valence-electron chi connectivity index (χ2n) is 6.15. The molecule has 3 heterocycles. The zero-order valence-electron chi connectivity index (χ0n) is 14.0. The first-order valence-electron chi connectivity index (χ1n) is 8.02. The highest BCUT2D eigenvalue weighted by atomic mass is 32.2.